The van der Waals surface area contributed by atoms with Crippen molar-refractivity contribution in [3.05, 3.63) is 11.6 Å². The lowest BCUT2D eigenvalue weighted by molar-refractivity contribution is -0.216. The van der Waals surface area contributed by atoms with Gasteiger partial charge in [0.2, 0.25) is 0 Å². The van der Waals surface area contributed by atoms with Crippen LogP contribution in [0.15, 0.2) is 11.6 Å². The highest BCUT2D eigenvalue weighted by Crippen LogP contribution is 2.23. The van der Waals surface area contributed by atoms with Gasteiger partial charge in [0.1, 0.15) is 36.6 Å². The maximum atomic E-state index is 9.97. The van der Waals surface area contributed by atoms with Crippen molar-refractivity contribution in [1.82, 2.24) is 5.32 Å². The predicted octanol–water partition coefficient (Wildman–Crippen LogP) is -4.17. The van der Waals surface area contributed by atoms with Gasteiger partial charge in [0.15, 0.2) is 0 Å². The van der Waals surface area contributed by atoms with E-state index >= 15 is 0 Å². The van der Waals surface area contributed by atoms with Crippen molar-refractivity contribution < 1.29 is 40.5 Å². The van der Waals surface area contributed by atoms with Crippen LogP contribution in [-0.2, 0) is 4.74 Å². The molecule has 0 aromatic heterocycles. The molecule has 23 heavy (non-hydrogen) atoms. The van der Waals surface area contributed by atoms with Gasteiger partial charge in [-0.3, -0.25) is 0 Å². The summed E-state index contributed by atoms with van der Waals surface area (Å²) in [5, 5.41) is 70.8. The molecule has 0 amide bonds. The second kappa shape index (κ2) is 7.51. The molecule has 8 N–H and O–H groups in total. The van der Waals surface area contributed by atoms with Crippen LogP contribution >= 0.6 is 0 Å². The summed E-state index contributed by atoms with van der Waals surface area (Å²) < 4.78 is 5.42. The second-order valence-corrected chi connectivity index (χ2v) is 6.11. The number of hydrogen-bond acceptors (Lipinski definition) is 9. The maximum Gasteiger partial charge on any atom is 0.111 e. The molecule has 2 aliphatic rings. The van der Waals surface area contributed by atoms with Crippen molar-refractivity contribution in [1.29, 1.82) is 0 Å². The van der Waals surface area contributed by atoms with Crippen molar-refractivity contribution in [2.24, 2.45) is 0 Å². The minimum atomic E-state index is -1.46. The van der Waals surface area contributed by atoms with E-state index in [4.69, 9.17) is 9.84 Å². The van der Waals surface area contributed by atoms with Crippen LogP contribution in [0.5, 0.6) is 0 Å². The standard InChI is InChI=1S/C14H25NO8/c1-5-9(17)13(21)12(20)8(23-5)3-15-7-2-6(4-16)10(18)14(22)11(7)19/h2,5,7-22H,3-4H2,1H3. The maximum absolute atomic E-state index is 9.97. The van der Waals surface area contributed by atoms with E-state index in [1.165, 1.54) is 6.08 Å². The zero-order valence-electron chi connectivity index (χ0n) is 12.7. The molecule has 9 heteroatoms. The van der Waals surface area contributed by atoms with E-state index in [1.807, 2.05) is 0 Å². The number of aliphatic hydroxyl groups is 7. The van der Waals surface area contributed by atoms with Crippen LogP contribution in [0, 0.1) is 0 Å². The fourth-order valence-electron chi connectivity index (χ4n) is 2.93. The van der Waals surface area contributed by atoms with Crippen LogP contribution in [0.25, 0.3) is 0 Å². The smallest absolute Gasteiger partial charge is 0.111 e. The van der Waals surface area contributed by atoms with Gasteiger partial charge in [0.05, 0.1) is 24.9 Å². The van der Waals surface area contributed by atoms with E-state index in [9.17, 15) is 30.6 Å². The summed E-state index contributed by atoms with van der Waals surface area (Å²) in [6, 6.07) is -0.773. The fraction of sp³-hybridized carbons (Fsp3) is 0.857. The Balaban J connectivity index is 2.01. The summed E-state index contributed by atoms with van der Waals surface area (Å²) in [7, 11) is 0. The number of hydrogen-bond donors (Lipinski definition) is 8. The molecule has 9 atom stereocenters. The molecule has 0 aromatic rings. The van der Waals surface area contributed by atoms with Crippen LogP contribution in [0.2, 0.25) is 0 Å². The van der Waals surface area contributed by atoms with Crippen LogP contribution in [0.4, 0.5) is 0 Å². The Hall–Kier alpha value is -0.620. The summed E-state index contributed by atoms with van der Waals surface area (Å²) in [4.78, 5) is 0. The summed E-state index contributed by atoms with van der Waals surface area (Å²) in [5.74, 6) is 0. The van der Waals surface area contributed by atoms with Gasteiger partial charge in [0, 0.05) is 6.54 Å². The summed E-state index contributed by atoms with van der Waals surface area (Å²) in [5.41, 5.74) is 0.175. The Labute approximate surface area is 133 Å². The van der Waals surface area contributed by atoms with E-state index in [2.05, 4.69) is 5.32 Å². The number of ether oxygens (including phenoxy) is 1. The largest absolute Gasteiger partial charge is 0.392 e. The number of aliphatic hydroxyl groups excluding tert-OH is 7. The summed E-state index contributed by atoms with van der Waals surface area (Å²) >= 11 is 0. The Kier molecular flexibility index (Phi) is 6.11. The molecule has 9 unspecified atom stereocenters. The minimum absolute atomic E-state index is 0.0229. The zero-order chi connectivity index (χ0) is 17.3. The molecule has 9 nitrogen and oxygen atoms in total. The fourth-order valence-corrected chi connectivity index (χ4v) is 2.93. The third kappa shape index (κ3) is 3.73. The molecule has 134 valence electrons. The van der Waals surface area contributed by atoms with Crippen molar-refractivity contribution >= 4 is 0 Å². The molecule has 1 saturated heterocycles. The van der Waals surface area contributed by atoms with Crippen LogP contribution in [0.1, 0.15) is 6.92 Å². The molecule has 0 saturated carbocycles. The lowest BCUT2D eigenvalue weighted by Gasteiger charge is -2.41. The molecule has 1 aliphatic heterocycles. The van der Waals surface area contributed by atoms with Gasteiger partial charge in [-0.15, -0.1) is 0 Å². The molecule has 0 radical (unpaired) electrons. The SMILES string of the molecule is CC1OC(CNC2C=C(CO)C(O)C(O)C2O)C(O)C(O)C1O. The highest BCUT2D eigenvalue weighted by Gasteiger charge is 2.42. The highest BCUT2D eigenvalue weighted by molar-refractivity contribution is 5.21. The molecular formula is C14H25NO8. The third-order valence-corrected chi connectivity index (χ3v) is 4.50. The van der Waals surface area contributed by atoms with Gasteiger partial charge in [-0.05, 0) is 12.5 Å². The minimum Gasteiger partial charge on any atom is -0.392 e. The molecule has 1 aliphatic carbocycles. The highest BCUT2D eigenvalue weighted by atomic mass is 16.5. The van der Waals surface area contributed by atoms with Crippen LogP contribution in [-0.4, -0.2) is 104 Å². The Morgan fingerprint density at radius 1 is 0.957 bits per heavy atom. The summed E-state index contributed by atoms with van der Waals surface area (Å²) in [6.45, 7) is 1.12. The molecule has 1 heterocycles. The summed E-state index contributed by atoms with van der Waals surface area (Å²) in [6.07, 6.45) is -8.06. The number of rotatable bonds is 4. The van der Waals surface area contributed by atoms with E-state index in [0.29, 0.717) is 0 Å². The first-order valence-electron chi connectivity index (χ1n) is 7.56. The first-order valence-corrected chi connectivity index (χ1v) is 7.56. The lowest BCUT2D eigenvalue weighted by atomic mass is 9.88. The first kappa shape index (κ1) is 18.7. The average molecular weight is 335 g/mol. The van der Waals surface area contributed by atoms with Gasteiger partial charge in [0.25, 0.3) is 0 Å². The quantitative estimate of drug-likeness (QED) is 0.238. The van der Waals surface area contributed by atoms with Crippen molar-refractivity contribution in [3.8, 4) is 0 Å². The van der Waals surface area contributed by atoms with Crippen molar-refractivity contribution in [2.75, 3.05) is 13.2 Å². The van der Waals surface area contributed by atoms with Gasteiger partial charge in [-0.25, -0.2) is 0 Å². The monoisotopic (exact) mass is 335 g/mol. The van der Waals surface area contributed by atoms with Gasteiger partial charge >= 0.3 is 0 Å². The van der Waals surface area contributed by atoms with E-state index in [-0.39, 0.29) is 12.1 Å². The Bertz CT molecular complexity index is 433. The van der Waals surface area contributed by atoms with Gasteiger partial charge in [-0.2, -0.15) is 0 Å². The van der Waals surface area contributed by atoms with E-state index in [0.717, 1.165) is 0 Å². The molecule has 0 bridgehead atoms. The second-order valence-electron chi connectivity index (χ2n) is 6.11. The van der Waals surface area contributed by atoms with Crippen LogP contribution in [0.3, 0.4) is 0 Å². The van der Waals surface area contributed by atoms with Crippen molar-refractivity contribution in [2.45, 2.75) is 61.8 Å². The molecular weight excluding hydrogens is 310 g/mol. The number of nitrogens with one attached hydrogen (secondary N) is 1. The average Bonchev–Trinajstić information content (AvgIpc) is 2.54. The molecule has 0 spiro atoms. The Morgan fingerprint density at radius 3 is 2.22 bits per heavy atom. The Morgan fingerprint density at radius 2 is 1.61 bits per heavy atom. The zero-order valence-corrected chi connectivity index (χ0v) is 12.7. The molecule has 2 rings (SSSR count). The van der Waals surface area contributed by atoms with E-state index in [1.54, 1.807) is 6.92 Å². The molecule has 1 fully saturated rings. The lowest BCUT2D eigenvalue weighted by Crippen LogP contribution is -2.61. The molecule has 0 aromatic carbocycles. The topological polar surface area (TPSA) is 163 Å². The normalized spacial score (nSPS) is 48.2. The van der Waals surface area contributed by atoms with Crippen LogP contribution < -0.4 is 5.32 Å². The van der Waals surface area contributed by atoms with E-state index < -0.39 is 61.5 Å². The predicted molar refractivity (Wildman–Crippen MR) is 77.3 cm³/mol. The third-order valence-electron chi connectivity index (χ3n) is 4.50. The first-order chi connectivity index (χ1) is 10.8. The van der Waals surface area contributed by atoms with Crippen molar-refractivity contribution in [3.63, 3.8) is 0 Å². The van der Waals surface area contributed by atoms with Gasteiger partial charge in [-0.1, -0.05) is 6.08 Å². The van der Waals surface area contributed by atoms with Gasteiger partial charge < -0.3 is 45.8 Å².